The van der Waals surface area contributed by atoms with Gasteiger partial charge in [-0.3, -0.25) is 9.78 Å². The van der Waals surface area contributed by atoms with Crippen molar-refractivity contribution in [2.45, 2.75) is 18.6 Å². The molecule has 2 unspecified atom stereocenters. The molecule has 2 rings (SSSR count). The summed E-state index contributed by atoms with van der Waals surface area (Å²) in [6, 6.07) is 6.66. The molecule has 6 heteroatoms. The molecular formula is C14H14ClNO4. The number of pyridine rings is 1. The lowest BCUT2D eigenvalue weighted by atomic mass is 9.98. The first-order chi connectivity index (χ1) is 9.52. The van der Waals surface area contributed by atoms with Gasteiger partial charge in [0.15, 0.2) is 0 Å². The Bertz CT molecular complexity index is 632. The van der Waals surface area contributed by atoms with Gasteiger partial charge in [0, 0.05) is 16.6 Å². The van der Waals surface area contributed by atoms with Crippen molar-refractivity contribution in [3.63, 3.8) is 0 Å². The van der Waals surface area contributed by atoms with Crippen molar-refractivity contribution in [2.24, 2.45) is 0 Å². The van der Waals surface area contributed by atoms with Crippen LogP contribution in [0.5, 0.6) is 0 Å². The topological polar surface area (TPSA) is 79.7 Å². The zero-order valence-corrected chi connectivity index (χ0v) is 11.5. The highest BCUT2D eigenvalue weighted by Gasteiger charge is 2.23. The first-order valence-corrected chi connectivity index (χ1v) is 6.38. The van der Waals surface area contributed by atoms with E-state index >= 15 is 0 Å². The summed E-state index contributed by atoms with van der Waals surface area (Å²) in [5, 5.41) is 21.3. The van der Waals surface area contributed by atoms with E-state index in [1.54, 1.807) is 24.3 Å². The number of carbonyl (C=O) groups excluding carboxylic acids is 1. The Hall–Kier alpha value is -1.69. The Morgan fingerprint density at radius 3 is 2.85 bits per heavy atom. The second kappa shape index (κ2) is 6.17. The molecule has 106 valence electrons. The summed E-state index contributed by atoms with van der Waals surface area (Å²) >= 11 is 5.89. The number of aliphatic hydroxyl groups excluding tert-OH is 2. The SMILES string of the molecule is COC(=O)CC(O)C(O)c1ccnc2cc(Cl)ccc12. The Labute approximate surface area is 120 Å². The van der Waals surface area contributed by atoms with Crippen molar-refractivity contribution in [1.29, 1.82) is 0 Å². The van der Waals surface area contributed by atoms with Crippen molar-refractivity contribution in [3.05, 3.63) is 41.0 Å². The number of nitrogens with zero attached hydrogens (tertiary/aromatic N) is 1. The number of rotatable bonds is 4. The maximum atomic E-state index is 11.1. The molecular weight excluding hydrogens is 282 g/mol. The number of aliphatic hydroxyl groups is 2. The maximum absolute atomic E-state index is 11.1. The van der Waals surface area contributed by atoms with Crippen LogP contribution in [0, 0.1) is 0 Å². The van der Waals surface area contributed by atoms with Gasteiger partial charge in [0.2, 0.25) is 0 Å². The summed E-state index contributed by atoms with van der Waals surface area (Å²) in [6.45, 7) is 0. The minimum atomic E-state index is -1.25. The number of methoxy groups -OCH3 is 1. The van der Waals surface area contributed by atoms with Gasteiger partial charge in [-0.15, -0.1) is 0 Å². The molecule has 1 heterocycles. The standard InChI is InChI=1S/C14H14ClNO4/c1-20-13(18)7-12(17)14(19)10-4-5-16-11-6-8(15)2-3-9(10)11/h2-6,12,14,17,19H,7H2,1H3. The maximum Gasteiger partial charge on any atom is 0.308 e. The second-order valence-corrected chi connectivity index (χ2v) is 4.79. The van der Waals surface area contributed by atoms with E-state index in [0.29, 0.717) is 21.5 Å². The van der Waals surface area contributed by atoms with Gasteiger partial charge in [-0.05, 0) is 23.8 Å². The summed E-state index contributed by atoms with van der Waals surface area (Å²) in [4.78, 5) is 15.3. The van der Waals surface area contributed by atoms with E-state index < -0.39 is 18.2 Å². The largest absolute Gasteiger partial charge is 0.469 e. The van der Waals surface area contributed by atoms with E-state index in [0.717, 1.165) is 0 Å². The summed E-state index contributed by atoms with van der Waals surface area (Å²) in [5.74, 6) is -0.585. The molecule has 0 aliphatic heterocycles. The Balaban J connectivity index is 2.34. The lowest BCUT2D eigenvalue weighted by molar-refractivity contribution is -0.144. The van der Waals surface area contributed by atoms with Crippen molar-refractivity contribution in [3.8, 4) is 0 Å². The number of hydrogen-bond acceptors (Lipinski definition) is 5. The van der Waals surface area contributed by atoms with Gasteiger partial charge >= 0.3 is 5.97 Å². The normalized spacial score (nSPS) is 14.0. The monoisotopic (exact) mass is 295 g/mol. The Morgan fingerprint density at radius 2 is 2.15 bits per heavy atom. The molecule has 0 radical (unpaired) electrons. The third-order valence-electron chi connectivity index (χ3n) is 3.03. The average Bonchev–Trinajstić information content (AvgIpc) is 2.45. The molecule has 20 heavy (non-hydrogen) atoms. The Kier molecular flexibility index (Phi) is 4.54. The third kappa shape index (κ3) is 3.07. The van der Waals surface area contributed by atoms with Crippen molar-refractivity contribution < 1.29 is 19.7 Å². The quantitative estimate of drug-likeness (QED) is 0.842. The molecule has 0 saturated carbocycles. The molecule has 0 saturated heterocycles. The molecule has 5 nitrogen and oxygen atoms in total. The highest BCUT2D eigenvalue weighted by atomic mass is 35.5. The molecule has 0 fully saturated rings. The second-order valence-electron chi connectivity index (χ2n) is 4.35. The van der Waals surface area contributed by atoms with Crippen LogP contribution in [-0.2, 0) is 9.53 Å². The van der Waals surface area contributed by atoms with E-state index in [9.17, 15) is 15.0 Å². The fraction of sp³-hybridized carbons (Fsp3) is 0.286. The van der Waals surface area contributed by atoms with Crippen LogP contribution in [0.4, 0.5) is 0 Å². The fourth-order valence-electron chi connectivity index (χ4n) is 1.97. The van der Waals surface area contributed by atoms with Crippen LogP contribution >= 0.6 is 11.6 Å². The van der Waals surface area contributed by atoms with Crippen LogP contribution < -0.4 is 0 Å². The lowest BCUT2D eigenvalue weighted by Crippen LogP contribution is -2.22. The first-order valence-electron chi connectivity index (χ1n) is 6.00. The van der Waals surface area contributed by atoms with Crippen LogP contribution in [0.3, 0.4) is 0 Å². The van der Waals surface area contributed by atoms with E-state index in [2.05, 4.69) is 9.72 Å². The van der Waals surface area contributed by atoms with E-state index in [1.807, 2.05) is 0 Å². The van der Waals surface area contributed by atoms with Gasteiger partial charge < -0.3 is 14.9 Å². The highest BCUT2D eigenvalue weighted by Crippen LogP contribution is 2.27. The molecule has 2 N–H and O–H groups in total. The summed E-state index contributed by atoms with van der Waals surface area (Å²) in [7, 11) is 1.23. The zero-order valence-electron chi connectivity index (χ0n) is 10.8. The zero-order chi connectivity index (χ0) is 14.7. The molecule has 0 aliphatic carbocycles. The van der Waals surface area contributed by atoms with E-state index in [-0.39, 0.29) is 6.42 Å². The summed E-state index contributed by atoms with van der Waals surface area (Å²) in [5.41, 5.74) is 1.10. The average molecular weight is 296 g/mol. The molecule has 0 aliphatic rings. The number of aromatic nitrogens is 1. The minimum Gasteiger partial charge on any atom is -0.469 e. The number of benzene rings is 1. The number of ether oxygens (including phenoxy) is 1. The van der Waals surface area contributed by atoms with Crippen LogP contribution in [0.15, 0.2) is 30.5 Å². The van der Waals surface area contributed by atoms with Crippen LogP contribution in [0.25, 0.3) is 10.9 Å². The van der Waals surface area contributed by atoms with Crippen molar-refractivity contribution in [2.75, 3.05) is 7.11 Å². The fourth-order valence-corrected chi connectivity index (χ4v) is 2.14. The van der Waals surface area contributed by atoms with E-state index in [1.165, 1.54) is 13.3 Å². The number of hydrogen-bond donors (Lipinski definition) is 2. The first kappa shape index (κ1) is 14.7. The molecule has 1 aromatic carbocycles. The van der Waals surface area contributed by atoms with Crippen molar-refractivity contribution in [1.82, 2.24) is 4.98 Å². The number of halogens is 1. The lowest BCUT2D eigenvalue weighted by Gasteiger charge is -2.18. The molecule has 1 aromatic heterocycles. The third-order valence-corrected chi connectivity index (χ3v) is 3.26. The van der Waals surface area contributed by atoms with Gasteiger partial charge in [0.1, 0.15) is 6.10 Å². The predicted octanol–water partition coefficient (Wildman–Crippen LogP) is 1.85. The van der Waals surface area contributed by atoms with Crippen LogP contribution in [-0.4, -0.2) is 34.4 Å². The van der Waals surface area contributed by atoms with Gasteiger partial charge in [-0.1, -0.05) is 17.7 Å². The summed E-state index contributed by atoms with van der Waals surface area (Å²) < 4.78 is 4.47. The van der Waals surface area contributed by atoms with Crippen LogP contribution in [0.1, 0.15) is 18.1 Å². The minimum absolute atomic E-state index is 0.283. The molecule has 0 bridgehead atoms. The van der Waals surface area contributed by atoms with Crippen LogP contribution in [0.2, 0.25) is 5.02 Å². The van der Waals surface area contributed by atoms with Crippen molar-refractivity contribution >= 4 is 28.5 Å². The van der Waals surface area contributed by atoms with Gasteiger partial charge in [-0.25, -0.2) is 0 Å². The van der Waals surface area contributed by atoms with Gasteiger partial charge in [0.25, 0.3) is 0 Å². The summed E-state index contributed by atoms with van der Waals surface area (Å²) in [6.07, 6.45) is -1.22. The van der Waals surface area contributed by atoms with Gasteiger partial charge in [-0.2, -0.15) is 0 Å². The Morgan fingerprint density at radius 1 is 1.40 bits per heavy atom. The molecule has 2 aromatic rings. The number of carbonyl (C=O) groups is 1. The van der Waals surface area contributed by atoms with Gasteiger partial charge in [0.05, 0.1) is 25.2 Å². The molecule has 0 spiro atoms. The molecule has 0 amide bonds. The highest BCUT2D eigenvalue weighted by molar-refractivity contribution is 6.31. The number of esters is 1. The number of fused-ring (bicyclic) bond motifs is 1. The van der Waals surface area contributed by atoms with E-state index in [4.69, 9.17) is 11.6 Å². The molecule has 2 atom stereocenters. The smallest absolute Gasteiger partial charge is 0.308 e. The predicted molar refractivity (Wildman–Crippen MR) is 74.4 cm³/mol.